The number of amides is 1. The molecule has 0 unspecified atom stereocenters. The number of halogens is 2. The van der Waals surface area contributed by atoms with Gasteiger partial charge in [-0.15, -0.1) is 11.3 Å². The molecular weight excluding hydrogens is 315 g/mol. The Morgan fingerprint density at radius 1 is 1.33 bits per heavy atom. The fraction of sp³-hybridized carbons (Fsp3) is 0.143. The van der Waals surface area contributed by atoms with Gasteiger partial charge in [-0.1, -0.05) is 11.6 Å². The van der Waals surface area contributed by atoms with E-state index in [1.165, 1.54) is 35.6 Å². The molecule has 7 heteroatoms. The van der Waals surface area contributed by atoms with Crippen molar-refractivity contribution in [2.24, 2.45) is 5.10 Å². The second-order valence-corrected chi connectivity index (χ2v) is 5.79. The van der Waals surface area contributed by atoms with Crippen LogP contribution in [-0.2, 0) is 4.79 Å². The maximum absolute atomic E-state index is 12.7. The van der Waals surface area contributed by atoms with Gasteiger partial charge < -0.3 is 4.74 Å². The lowest BCUT2D eigenvalue weighted by Gasteiger charge is -2.05. The van der Waals surface area contributed by atoms with Gasteiger partial charge >= 0.3 is 0 Å². The number of carbonyl (C=O) groups is 1. The van der Waals surface area contributed by atoms with Gasteiger partial charge in [-0.3, -0.25) is 4.79 Å². The first-order valence-electron chi connectivity index (χ1n) is 6.02. The van der Waals surface area contributed by atoms with Gasteiger partial charge in [0.15, 0.2) is 6.61 Å². The number of nitrogens with zero attached hydrogens (tertiary/aromatic N) is 1. The van der Waals surface area contributed by atoms with E-state index in [4.69, 9.17) is 16.3 Å². The van der Waals surface area contributed by atoms with Crippen LogP contribution in [0.2, 0.25) is 4.34 Å². The molecule has 0 fully saturated rings. The molecule has 1 aromatic carbocycles. The summed E-state index contributed by atoms with van der Waals surface area (Å²) in [6.45, 7) is 1.57. The summed E-state index contributed by atoms with van der Waals surface area (Å²) in [5, 5.41) is 3.96. The third-order valence-electron chi connectivity index (χ3n) is 2.46. The van der Waals surface area contributed by atoms with E-state index in [9.17, 15) is 9.18 Å². The summed E-state index contributed by atoms with van der Waals surface area (Å²) >= 11 is 7.20. The van der Waals surface area contributed by atoms with Crippen molar-refractivity contribution in [2.75, 3.05) is 6.61 Å². The molecule has 2 aromatic rings. The van der Waals surface area contributed by atoms with Crippen molar-refractivity contribution in [1.82, 2.24) is 5.43 Å². The van der Waals surface area contributed by atoms with E-state index in [0.717, 1.165) is 4.88 Å². The first-order chi connectivity index (χ1) is 10.0. The topological polar surface area (TPSA) is 50.7 Å². The van der Waals surface area contributed by atoms with Gasteiger partial charge in [-0.25, -0.2) is 9.82 Å². The molecule has 2 rings (SSSR count). The van der Waals surface area contributed by atoms with Crippen LogP contribution in [0.5, 0.6) is 5.75 Å². The number of carbonyl (C=O) groups excluding carboxylic acids is 1. The maximum Gasteiger partial charge on any atom is 0.277 e. The summed E-state index contributed by atoms with van der Waals surface area (Å²) in [5.74, 6) is -0.347. The summed E-state index contributed by atoms with van der Waals surface area (Å²) < 4.78 is 18.6. The molecule has 0 aliphatic carbocycles. The minimum Gasteiger partial charge on any atom is -0.484 e. The second kappa shape index (κ2) is 7.19. The maximum atomic E-state index is 12.7. The molecule has 1 aromatic heterocycles. The quantitative estimate of drug-likeness (QED) is 0.675. The van der Waals surface area contributed by atoms with Crippen LogP contribution in [0.4, 0.5) is 4.39 Å². The molecule has 0 bridgehead atoms. The van der Waals surface area contributed by atoms with Gasteiger partial charge in [0.05, 0.1) is 14.9 Å². The van der Waals surface area contributed by atoms with Crippen molar-refractivity contribution in [3.63, 3.8) is 0 Å². The normalized spacial score (nSPS) is 11.3. The second-order valence-electron chi connectivity index (χ2n) is 4.08. The lowest BCUT2D eigenvalue weighted by atomic mass is 10.3. The number of benzene rings is 1. The molecule has 0 saturated heterocycles. The van der Waals surface area contributed by atoms with Crippen LogP contribution in [0.15, 0.2) is 41.5 Å². The van der Waals surface area contributed by atoms with E-state index in [-0.39, 0.29) is 12.4 Å². The molecule has 1 N–H and O–H groups in total. The Balaban J connectivity index is 1.83. The Morgan fingerprint density at radius 2 is 2.05 bits per heavy atom. The van der Waals surface area contributed by atoms with Gasteiger partial charge in [0.2, 0.25) is 0 Å². The number of hydrogen-bond donors (Lipinski definition) is 1. The summed E-state index contributed by atoms with van der Waals surface area (Å²) in [5.41, 5.74) is 3.04. The zero-order chi connectivity index (χ0) is 15.2. The lowest BCUT2D eigenvalue weighted by molar-refractivity contribution is -0.123. The zero-order valence-corrected chi connectivity index (χ0v) is 12.7. The highest BCUT2D eigenvalue weighted by atomic mass is 35.5. The first-order valence-corrected chi connectivity index (χ1v) is 7.21. The highest BCUT2D eigenvalue weighted by Crippen LogP contribution is 2.21. The molecule has 4 nitrogen and oxygen atoms in total. The van der Waals surface area contributed by atoms with Gasteiger partial charge in [0, 0.05) is 0 Å². The van der Waals surface area contributed by atoms with Gasteiger partial charge in [-0.2, -0.15) is 5.10 Å². The third kappa shape index (κ3) is 4.84. The molecule has 21 heavy (non-hydrogen) atoms. The minimum atomic E-state index is -0.402. The van der Waals surface area contributed by atoms with Crippen molar-refractivity contribution in [1.29, 1.82) is 0 Å². The Bertz CT molecular complexity index is 655. The standard InChI is InChI=1S/C14H12ClFN2O2S/c1-9(12-6-7-13(15)21-12)17-18-14(19)8-20-11-4-2-10(16)3-5-11/h2-7H,8H2,1H3,(H,18,19)/b17-9-. The monoisotopic (exact) mass is 326 g/mol. The molecule has 0 saturated carbocycles. The summed E-state index contributed by atoms with van der Waals surface area (Å²) in [6.07, 6.45) is 0. The van der Waals surface area contributed by atoms with Crippen LogP contribution in [0, 0.1) is 5.82 Å². The van der Waals surface area contributed by atoms with Crippen LogP contribution >= 0.6 is 22.9 Å². The van der Waals surface area contributed by atoms with Crippen molar-refractivity contribution in [2.45, 2.75) is 6.92 Å². The third-order valence-corrected chi connectivity index (χ3v) is 3.80. The highest BCUT2D eigenvalue weighted by Gasteiger charge is 2.04. The zero-order valence-electron chi connectivity index (χ0n) is 11.1. The van der Waals surface area contributed by atoms with Crippen LogP contribution in [0.3, 0.4) is 0 Å². The van der Waals surface area contributed by atoms with Crippen molar-refractivity contribution in [3.05, 3.63) is 51.4 Å². The highest BCUT2D eigenvalue weighted by molar-refractivity contribution is 7.18. The van der Waals surface area contributed by atoms with Crippen LogP contribution in [0.1, 0.15) is 11.8 Å². The van der Waals surface area contributed by atoms with E-state index in [2.05, 4.69) is 10.5 Å². The predicted molar refractivity (Wildman–Crippen MR) is 81.6 cm³/mol. The van der Waals surface area contributed by atoms with Crippen LogP contribution in [-0.4, -0.2) is 18.2 Å². The molecular formula is C14H12ClFN2O2S. The number of thiophene rings is 1. The van der Waals surface area contributed by atoms with Crippen molar-refractivity contribution < 1.29 is 13.9 Å². The summed E-state index contributed by atoms with van der Waals surface area (Å²) in [7, 11) is 0. The molecule has 0 aliphatic heterocycles. The van der Waals surface area contributed by atoms with E-state index in [1.807, 2.05) is 6.07 Å². The molecule has 0 atom stereocenters. The minimum absolute atomic E-state index is 0.201. The van der Waals surface area contributed by atoms with Gasteiger partial charge in [0.1, 0.15) is 11.6 Å². The van der Waals surface area contributed by atoms with Crippen molar-refractivity contribution in [3.8, 4) is 5.75 Å². The van der Waals surface area contributed by atoms with E-state index in [1.54, 1.807) is 13.0 Å². The fourth-order valence-electron chi connectivity index (χ4n) is 1.42. The molecule has 1 amide bonds. The van der Waals surface area contributed by atoms with Gasteiger partial charge in [0.25, 0.3) is 5.91 Å². The number of nitrogens with one attached hydrogen (secondary N) is 1. The van der Waals surface area contributed by atoms with E-state index in [0.29, 0.717) is 15.8 Å². The molecule has 1 heterocycles. The Morgan fingerprint density at radius 3 is 2.67 bits per heavy atom. The first kappa shape index (κ1) is 15.5. The smallest absolute Gasteiger partial charge is 0.277 e. The van der Waals surface area contributed by atoms with E-state index < -0.39 is 5.91 Å². The van der Waals surface area contributed by atoms with Crippen LogP contribution in [0.25, 0.3) is 0 Å². The summed E-state index contributed by atoms with van der Waals surface area (Å²) in [6, 6.07) is 9.01. The molecule has 0 radical (unpaired) electrons. The van der Waals surface area contributed by atoms with E-state index >= 15 is 0 Å². The number of hydrazone groups is 1. The largest absolute Gasteiger partial charge is 0.484 e. The lowest BCUT2D eigenvalue weighted by Crippen LogP contribution is -2.25. The number of rotatable bonds is 5. The number of hydrogen-bond acceptors (Lipinski definition) is 4. The Kier molecular flexibility index (Phi) is 5.30. The Hall–Kier alpha value is -1.92. The predicted octanol–water partition coefficient (Wildman–Crippen LogP) is 3.46. The molecule has 0 spiro atoms. The average molecular weight is 327 g/mol. The van der Waals surface area contributed by atoms with Crippen LogP contribution < -0.4 is 10.2 Å². The average Bonchev–Trinajstić information content (AvgIpc) is 2.91. The molecule has 0 aliphatic rings. The molecule has 110 valence electrons. The summed E-state index contributed by atoms with van der Waals surface area (Å²) in [4.78, 5) is 12.5. The fourth-order valence-corrected chi connectivity index (χ4v) is 2.41. The Labute approximate surface area is 130 Å². The van der Waals surface area contributed by atoms with Crippen molar-refractivity contribution >= 4 is 34.6 Å². The SMILES string of the molecule is C/C(=N/NC(=O)COc1ccc(F)cc1)c1ccc(Cl)s1. The van der Waals surface area contributed by atoms with Gasteiger partial charge in [-0.05, 0) is 43.3 Å². The number of ether oxygens (including phenoxy) is 1.